The number of imide groups is 1. The first-order valence-electron chi connectivity index (χ1n) is 10.6. The van der Waals surface area contributed by atoms with Gasteiger partial charge in [-0.15, -0.1) is 0 Å². The standard InChI is InChI=1S/C24H29N3O5/c1-4-13-24(18-8-6-5-7-9-18)22(29)27(23(30)26-24)16-21(28)25-14-12-17-10-11-19(31-2)20(15-17)32-3/h5-11,15H,4,12-14,16H2,1-3H3,(H,25,28)(H,26,30). The summed E-state index contributed by atoms with van der Waals surface area (Å²) in [6.45, 7) is 1.99. The summed E-state index contributed by atoms with van der Waals surface area (Å²) in [7, 11) is 3.13. The minimum Gasteiger partial charge on any atom is -0.493 e. The molecule has 1 saturated heterocycles. The average molecular weight is 440 g/mol. The monoisotopic (exact) mass is 439 g/mol. The molecular formula is C24H29N3O5. The third-order valence-electron chi connectivity index (χ3n) is 5.55. The highest BCUT2D eigenvalue weighted by Crippen LogP contribution is 2.33. The smallest absolute Gasteiger partial charge is 0.325 e. The number of nitrogens with one attached hydrogen (secondary N) is 2. The maximum absolute atomic E-state index is 13.2. The van der Waals surface area contributed by atoms with Crippen LogP contribution in [0.5, 0.6) is 11.5 Å². The lowest BCUT2D eigenvalue weighted by molar-refractivity contribution is -0.135. The summed E-state index contributed by atoms with van der Waals surface area (Å²) in [6, 6.07) is 14.1. The van der Waals surface area contributed by atoms with E-state index in [-0.39, 0.29) is 6.54 Å². The Morgan fingerprint density at radius 2 is 1.78 bits per heavy atom. The van der Waals surface area contributed by atoms with Gasteiger partial charge in [0, 0.05) is 6.54 Å². The zero-order chi connectivity index (χ0) is 23.1. The highest BCUT2D eigenvalue weighted by Gasteiger charge is 2.52. The highest BCUT2D eigenvalue weighted by molar-refractivity contribution is 6.09. The summed E-state index contributed by atoms with van der Waals surface area (Å²) in [6.07, 6.45) is 1.72. The van der Waals surface area contributed by atoms with Crippen LogP contribution in [0.25, 0.3) is 0 Å². The number of nitrogens with zero attached hydrogens (tertiary/aromatic N) is 1. The Bertz CT molecular complexity index is 979. The van der Waals surface area contributed by atoms with E-state index in [9.17, 15) is 14.4 Å². The summed E-state index contributed by atoms with van der Waals surface area (Å²) in [4.78, 5) is 39.3. The molecule has 1 heterocycles. The fourth-order valence-corrected chi connectivity index (χ4v) is 3.96. The molecule has 2 aromatic carbocycles. The van der Waals surface area contributed by atoms with Gasteiger partial charge >= 0.3 is 6.03 Å². The molecule has 1 aliphatic rings. The predicted molar refractivity (Wildman–Crippen MR) is 120 cm³/mol. The van der Waals surface area contributed by atoms with Crippen molar-refractivity contribution >= 4 is 17.8 Å². The second-order valence-corrected chi connectivity index (χ2v) is 7.63. The van der Waals surface area contributed by atoms with Crippen molar-refractivity contribution in [2.24, 2.45) is 0 Å². The number of methoxy groups -OCH3 is 2. The van der Waals surface area contributed by atoms with E-state index in [1.165, 1.54) is 0 Å². The SMILES string of the molecule is CCCC1(c2ccccc2)NC(=O)N(CC(=O)NCCc2ccc(OC)c(OC)c2)C1=O. The maximum Gasteiger partial charge on any atom is 0.325 e. The van der Waals surface area contributed by atoms with Crippen LogP contribution < -0.4 is 20.1 Å². The molecule has 0 saturated carbocycles. The number of carbonyl (C=O) groups is 3. The van der Waals surface area contributed by atoms with Crippen LogP contribution in [-0.4, -0.2) is 50.1 Å². The van der Waals surface area contributed by atoms with Crippen molar-refractivity contribution in [1.82, 2.24) is 15.5 Å². The molecule has 8 nitrogen and oxygen atoms in total. The lowest BCUT2D eigenvalue weighted by atomic mass is 9.85. The average Bonchev–Trinajstić information content (AvgIpc) is 3.04. The quantitative estimate of drug-likeness (QED) is 0.555. The lowest BCUT2D eigenvalue weighted by Gasteiger charge is -2.26. The van der Waals surface area contributed by atoms with E-state index < -0.39 is 23.4 Å². The molecule has 32 heavy (non-hydrogen) atoms. The van der Waals surface area contributed by atoms with Crippen molar-refractivity contribution in [1.29, 1.82) is 0 Å². The van der Waals surface area contributed by atoms with Crippen LogP contribution >= 0.6 is 0 Å². The second-order valence-electron chi connectivity index (χ2n) is 7.63. The van der Waals surface area contributed by atoms with Gasteiger partial charge in [0.1, 0.15) is 12.1 Å². The number of hydrogen-bond donors (Lipinski definition) is 2. The number of benzene rings is 2. The van der Waals surface area contributed by atoms with E-state index >= 15 is 0 Å². The first-order valence-corrected chi connectivity index (χ1v) is 10.6. The molecule has 1 unspecified atom stereocenters. The summed E-state index contributed by atoms with van der Waals surface area (Å²) >= 11 is 0. The van der Waals surface area contributed by atoms with Crippen LogP contribution in [0.2, 0.25) is 0 Å². The minimum absolute atomic E-state index is 0.325. The largest absolute Gasteiger partial charge is 0.493 e. The van der Waals surface area contributed by atoms with Crippen molar-refractivity contribution in [3.63, 3.8) is 0 Å². The Balaban J connectivity index is 1.61. The molecule has 0 aliphatic carbocycles. The van der Waals surface area contributed by atoms with Gasteiger partial charge in [-0.2, -0.15) is 0 Å². The molecule has 1 fully saturated rings. The van der Waals surface area contributed by atoms with Gasteiger partial charge in [-0.1, -0.05) is 49.7 Å². The Labute approximate surface area is 187 Å². The van der Waals surface area contributed by atoms with Crippen molar-refractivity contribution in [2.45, 2.75) is 31.7 Å². The van der Waals surface area contributed by atoms with Crippen LogP contribution in [0.1, 0.15) is 30.9 Å². The Kier molecular flexibility index (Phi) is 7.35. The van der Waals surface area contributed by atoms with Gasteiger partial charge < -0.3 is 20.1 Å². The molecule has 2 N–H and O–H groups in total. The molecule has 1 atom stereocenters. The van der Waals surface area contributed by atoms with E-state index in [1.54, 1.807) is 20.3 Å². The number of ether oxygens (including phenoxy) is 2. The highest BCUT2D eigenvalue weighted by atomic mass is 16.5. The van der Waals surface area contributed by atoms with Crippen LogP contribution in [0.4, 0.5) is 4.79 Å². The first-order chi connectivity index (χ1) is 15.4. The number of hydrogen-bond acceptors (Lipinski definition) is 5. The molecular weight excluding hydrogens is 410 g/mol. The van der Waals surface area contributed by atoms with Crippen molar-refractivity contribution in [3.8, 4) is 11.5 Å². The van der Waals surface area contributed by atoms with E-state index in [2.05, 4.69) is 10.6 Å². The molecule has 0 aromatic heterocycles. The molecule has 4 amide bonds. The van der Waals surface area contributed by atoms with Crippen molar-refractivity contribution in [2.75, 3.05) is 27.3 Å². The summed E-state index contributed by atoms with van der Waals surface area (Å²) in [5.41, 5.74) is 0.549. The number of rotatable bonds is 10. The predicted octanol–water partition coefficient (Wildman–Crippen LogP) is 2.61. The van der Waals surface area contributed by atoms with Crippen LogP contribution in [0.15, 0.2) is 48.5 Å². The van der Waals surface area contributed by atoms with Gasteiger partial charge in [0.25, 0.3) is 5.91 Å². The number of carbonyl (C=O) groups excluding carboxylic acids is 3. The summed E-state index contributed by atoms with van der Waals surface area (Å²) in [5, 5.41) is 5.61. The number of amides is 4. The zero-order valence-corrected chi connectivity index (χ0v) is 18.6. The van der Waals surface area contributed by atoms with Crippen LogP contribution in [-0.2, 0) is 21.5 Å². The van der Waals surface area contributed by atoms with Gasteiger partial charge in [-0.05, 0) is 36.1 Å². The molecule has 0 bridgehead atoms. The van der Waals surface area contributed by atoms with E-state index in [0.29, 0.717) is 37.3 Å². The fourth-order valence-electron chi connectivity index (χ4n) is 3.96. The van der Waals surface area contributed by atoms with Gasteiger partial charge in [0.15, 0.2) is 11.5 Å². The summed E-state index contributed by atoms with van der Waals surface area (Å²) < 4.78 is 10.5. The molecule has 0 radical (unpaired) electrons. The third kappa shape index (κ3) is 4.69. The van der Waals surface area contributed by atoms with Crippen molar-refractivity contribution < 1.29 is 23.9 Å². The van der Waals surface area contributed by atoms with Gasteiger partial charge in [-0.25, -0.2) is 4.79 Å². The third-order valence-corrected chi connectivity index (χ3v) is 5.55. The van der Waals surface area contributed by atoms with E-state index in [1.807, 2.05) is 49.4 Å². The van der Waals surface area contributed by atoms with E-state index in [4.69, 9.17) is 9.47 Å². The number of urea groups is 1. The molecule has 1 aliphatic heterocycles. The van der Waals surface area contributed by atoms with Crippen molar-refractivity contribution in [3.05, 3.63) is 59.7 Å². The minimum atomic E-state index is -1.13. The summed E-state index contributed by atoms with van der Waals surface area (Å²) in [5.74, 6) is 0.455. The Morgan fingerprint density at radius 1 is 1.06 bits per heavy atom. The van der Waals surface area contributed by atoms with Crippen LogP contribution in [0, 0.1) is 0 Å². The Hall–Kier alpha value is -3.55. The van der Waals surface area contributed by atoms with Crippen LogP contribution in [0.3, 0.4) is 0 Å². The molecule has 170 valence electrons. The fraction of sp³-hybridized carbons (Fsp3) is 0.375. The lowest BCUT2D eigenvalue weighted by Crippen LogP contribution is -2.45. The molecule has 8 heteroatoms. The first kappa shape index (κ1) is 23.1. The topological polar surface area (TPSA) is 97.0 Å². The van der Waals surface area contributed by atoms with Gasteiger partial charge in [0.05, 0.1) is 14.2 Å². The van der Waals surface area contributed by atoms with Gasteiger partial charge in [0.2, 0.25) is 5.91 Å². The maximum atomic E-state index is 13.2. The Morgan fingerprint density at radius 3 is 2.44 bits per heavy atom. The zero-order valence-electron chi connectivity index (χ0n) is 18.6. The molecule has 3 rings (SSSR count). The molecule has 2 aromatic rings. The molecule has 0 spiro atoms. The normalized spacial score (nSPS) is 17.8. The second kappa shape index (κ2) is 10.2. The van der Waals surface area contributed by atoms with Gasteiger partial charge in [-0.3, -0.25) is 14.5 Å². The van der Waals surface area contributed by atoms with E-state index in [0.717, 1.165) is 16.0 Å².